The van der Waals surface area contributed by atoms with Gasteiger partial charge >= 0.3 is 5.97 Å². The van der Waals surface area contributed by atoms with Gasteiger partial charge in [0, 0.05) is 19.6 Å². The zero-order valence-electron chi connectivity index (χ0n) is 10.4. The van der Waals surface area contributed by atoms with Gasteiger partial charge in [0.2, 0.25) is 5.91 Å². The number of ether oxygens (including phenoxy) is 2. The Hall–Kier alpha value is -0.920. The fourth-order valence-corrected chi connectivity index (χ4v) is 3.38. The van der Waals surface area contributed by atoms with Crippen molar-refractivity contribution in [3.05, 3.63) is 14.7 Å². The number of esters is 1. The van der Waals surface area contributed by atoms with Gasteiger partial charge in [-0.25, -0.2) is 4.79 Å². The molecule has 2 heterocycles. The molecule has 19 heavy (non-hydrogen) atoms. The molecular formula is C12H14BrNO4S. The third-order valence-electron chi connectivity index (χ3n) is 2.84. The van der Waals surface area contributed by atoms with Gasteiger partial charge in [-0.05, 0) is 34.3 Å². The average Bonchev–Trinajstić information content (AvgIpc) is 2.98. The van der Waals surface area contributed by atoms with Crippen LogP contribution in [0.5, 0.6) is 0 Å². The Morgan fingerprint density at radius 2 is 2.42 bits per heavy atom. The second-order valence-corrected chi connectivity index (χ2v) is 6.70. The molecule has 0 aromatic carbocycles. The predicted octanol–water partition coefficient (Wildman–Crippen LogP) is 2.66. The average molecular weight is 348 g/mol. The van der Waals surface area contributed by atoms with E-state index in [1.807, 2.05) is 0 Å². The molecule has 1 unspecified atom stereocenters. The molecule has 1 aromatic heterocycles. The molecule has 0 spiro atoms. The Bertz CT molecular complexity index is 482. The summed E-state index contributed by atoms with van der Waals surface area (Å²) in [5.41, 5.74) is 0.493. The van der Waals surface area contributed by atoms with Crippen LogP contribution in [0, 0.1) is 5.92 Å². The molecule has 104 valence electrons. The lowest BCUT2D eigenvalue weighted by Crippen LogP contribution is -2.17. The van der Waals surface area contributed by atoms with Gasteiger partial charge in [-0.2, -0.15) is 0 Å². The van der Waals surface area contributed by atoms with Crippen molar-refractivity contribution in [2.45, 2.75) is 12.8 Å². The van der Waals surface area contributed by atoms with E-state index in [9.17, 15) is 9.59 Å². The second-order valence-electron chi connectivity index (χ2n) is 4.27. The minimum absolute atomic E-state index is 0.106. The zero-order chi connectivity index (χ0) is 13.8. The standard InChI is InChI=1S/C12H14BrNO4S/c1-17-12(16)11-8(5-9(13)19-11)14-10(15)4-7-2-3-18-6-7/h5,7H,2-4,6H2,1H3,(H,14,15). The summed E-state index contributed by atoms with van der Waals surface area (Å²) in [7, 11) is 1.32. The van der Waals surface area contributed by atoms with E-state index in [0.29, 0.717) is 23.6 Å². The molecule has 1 aliphatic heterocycles. The van der Waals surface area contributed by atoms with Gasteiger partial charge in [-0.15, -0.1) is 11.3 Å². The Labute approximate surface area is 123 Å². The van der Waals surface area contributed by atoms with Crippen LogP contribution >= 0.6 is 27.3 Å². The molecule has 1 saturated heterocycles. The fraction of sp³-hybridized carbons (Fsp3) is 0.500. The van der Waals surface area contributed by atoms with Crippen molar-refractivity contribution in [2.24, 2.45) is 5.92 Å². The number of carbonyl (C=O) groups excluding carboxylic acids is 2. The highest BCUT2D eigenvalue weighted by molar-refractivity contribution is 9.11. The maximum atomic E-state index is 11.9. The SMILES string of the molecule is COC(=O)c1sc(Br)cc1NC(=O)CC1CCOC1. The number of thiophene rings is 1. The molecular weight excluding hydrogens is 334 g/mol. The molecule has 1 atom stereocenters. The number of methoxy groups -OCH3 is 1. The van der Waals surface area contributed by atoms with E-state index in [1.54, 1.807) is 6.07 Å². The molecule has 0 aliphatic carbocycles. The van der Waals surface area contributed by atoms with Crippen molar-refractivity contribution in [3.63, 3.8) is 0 Å². The second kappa shape index (κ2) is 6.49. The first-order valence-corrected chi connectivity index (χ1v) is 7.46. The lowest BCUT2D eigenvalue weighted by atomic mass is 10.0. The third kappa shape index (κ3) is 3.77. The molecule has 1 fully saturated rings. The van der Waals surface area contributed by atoms with Crippen LogP contribution in [0.15, 0.2) is 9.85 Å². The van der Waals surface area contributed by atoms with Crippen molar-refractivity contribution in [3.8, 4) is 0 Å². The summed E-state index contributed by atoms with van der Waals surface area (Å²) in [6.07, 6.45) is 1.32. The first-order valence-electron chi connectivity index (χ1n) is 5.85. The Morgan fingerprint density at radius 3 is 3.05 bits per heavy atom. The Kier molecular flexibility index (Phi) is 4.95. The Balaban J connectivity index is 2.01. The molecule has 1 amide bonds. The minimum atomic E-state index is -0.449. The molecule has 0 radical (unpaired) electrons. The molecule has 7 heteroatoms. The molecule has 1 aliphatic rings. The molecule has 1 N–H and O–H groups in total. The molecule has 1 aromatic rings. The van der Waals surface area contributed by atoms with Gasteiger partial charge in [0.05, 0.1) is 16.6 Å². The number of halogens is 1. The van der Waals surface area contributed by atoms with Gasteiger partial charge in [0.15, 0.2) is 0 Å². The van der Waals surface area contributed by atoms with Crippen molar-refractivity contribution in [1.82, 2.24) is 0 Å². The predicted molar refractivity (Wildman–Crippen MR) is 75.5 cm³/mol. The van der Waals surface area contributed by atoms with E-state index in [1.165, 1.54) is 18.4 Å². The number of nitrogens with one attached hydrogen (secondary N) is 1. The normalized spacial score (nSPS) is 18.3. The largest absolute Gasteiger partial charge is 0.465 e. The zero-order valence-corrected chi connectivity index (χ0v) is 12.8. The van der Waals surface area contributed by atoms with Gasteiger partial charge in [-0.1, -0.05) is 0 Å². The summed E-state index contributed by atoms with van der Waals surface area (Å²) in [4.78, 5) is 23.9. The van der Waals surface area contributed by atoms with E-state index in [-0.39, 0.29) is 11.8 Å². The number of anilines is 1. The number of amides is 1. The smallest absolute Gasteiger partial charge is 0.350 e. The quantitative estimate of drug-likeness (QED) is 0.850. The summed E-state index contributed by atoms with van der Waals surface area (Å²) in [5.74, 6) is -0.287. The fourth-order valence-electron chi connectivity index (χ4n) is 1.91. The van der Waals surface area contributed by atoms with Crippen LogP contribution in [0.3, 0.4) is 0 Å². The van der Waals surface area contributed by atoms with Crippen LogP contribution < -0.4 is 5.32 Å². The molecule has 2 rings (SSSR count). The van der Waals surface area contributed by atoms with Crippen LogP contribution in [0.1, 0.15) is 22.5 Å². The highest BCUT2D eigenvalue weighted by atomic mass is 79.9. The van der Waals surface area contributed by atoms with Crippen molar-refractivity contribution >= 4 is 44.8 Å². The number of rotatable bonds is 4. The highest BCUT2D eigenvalue weighted by Gasteiger charge is 2.22. The summed E-state index contributed by atoms with van der Waals surface area (Å²) < 4.78 is 10.7. The molecule has 0 bridgehead atoms. The van der Waals surface area contributed by atoms with Crippen LogP contribution in [-0.2, 0) is 14.3 Å². The van der Waals surface area contributed by atoms with Crippen molar-refractivity contribution in [1.29, 1.82) is 0 Å². The summed E-state index contributed by atoms with van der Waals surface area (Å²) in [5, 5.41) is 2.76. The van der Waals surface area contributed by atoms with Crippen molar-refractivity contribution < 1.29 is 19.1 Å². The van der Waals surface area contributed by atoms with E-state index in [4.69, 9.17) is 4.74 Å². The first kappa shape index (κ1) is 14.5. The van der Waals surface area contributed by atoms with E-state index in [2.05, 4.69) is 26.0 Å². The number of hydrogen-bond donors (Lipinski definition) is 1. The minimum Gasteiger partial charge on any atom is -0.465 e. The highest BCUT2D eigenvalue weighted by Crippen LogP contribution is 2.32. The van der Waals surface area contributed by atoms with Crippen LogP contribution in [0.2, 0.25) is 0 Å². The van der Waals surface area contributed by atoms with Crippen LogP contribution in [0.4, 0.5) is 5.69 Å². The van der Waals surface area contributed by atoms with Gasteiger partial charge in [-0.3, -0.25) is 4.79 Å². The number of hydrogen-bond acceptors (Lipinski definition) is 5. The van der Waals surface area contributed by atoms with E-state index < -0.39 is 5.97 Å². The first-order chi connectivity index (χ1) is 9.10. The summed E-state index contributed by atoms with van der Waals surface area (Å²) in [6.45, 7) is 1.35. The monoisotopic (exact) mass is 347 g/mol. The Morgan fingerprint density at radius 1 is 1.63 bits per heavy atom. The molecule has 5 nitrogen and oxygen atoms in total. The summed E-state index contributed by atoms with van der Waals surface area (Å²) in [6, 6.07) is 1.71. The maximum Gasteiger partial charge on any atom is 0.350 e. The van der Waals surface area contributed by atoms with Gasteiger partial charge < -0.3 is 14.8 Å². The van der Waals surface area contributed by atoms with Crippen molar-refractivity contribution in [2.75, 3.05) is 25.6 Å². The molecule has 0 saturated carbocycles. The van der Waals surface area contributed by atoms with Gasteiger partial charge in [0.25, 0.3) is 0 Å². The van der Waals surface area contributed by atoms with Gasteiger partial charge in [0.1, 0.15) is 4.88 Å². The lowest BCUT2D eigenvalue weighted by Gasteiger charge is -2.08. The van der Waals surface area contributed by atoms with Crippen LogP contribution in [0.25, 0.3) is 0 Å². The lowest BCUT2D eigenvalue weighted by molar-refractivity contribution is -0.117. The number of carbonyl (C=O) groups is 2. The summed E-state index contributed by atoms with van der Waals surface area (Å²) >= 11 is 4.53. The van der Waals surface area contributed by atoms with Crippen LogP contribution in [-0.4, -0.2) is 32.2 Å². The topological polar surface area (TPSA) is 64.6 Å². The maximum absolute atomic E-state index is 11.9. The van der Waals surface area contributed by atoms with E-state index in [0.717, 1.165) is 16.8 Å². The van der Waals surface area contributed by atoms with E-state index >= 15 is 0 Å². The third-order valence-corrected chi connectivity index (χ3v) is 4.46.